The maximum absolute atomic E-state index is 14.0. The van der Waals surface area contributed by atoms with Crippen molar-refractivity contribution in [2.24, 2.45) is 5.10 Å². The number of carbonyl (C=O) groups is 3. The molecular formula is C30H29N5O4S3. The van der Waals surface area contributed by atoms with E-state index < -0.39 is 23.5 Å². The van der Waals surface area contributed by atoms with Gasteiger partial charge in [-0.05, 0) is 34.8 Å². The van der Waals surface area contributed by atoms with E-state index >= 15 is 0 Å². The first-order chi connectivity index (χ1) is 20.3. The van der Waals surface area contributed by atoms with Crippen molar-refractivity contribution in [3.8, 4) is 0 Å². The monoisotopic (exact) mass is 619 g/mol. The van der Waals surface area contributed by atoms with Gasteiger partial charge in [0.15, 0.2) is 11.2 Å². The number of β-lactam (4-membered cyclic amide) rings is 1. The molecule has 2 aliphatic heterocycles. The molecule has 2 amide bonds. The van der Waals surface area contributed by atoms with Crippen molar-refractivity contribution in [2.45, 2.75) is 23.9 Å². The average Bonchev–Trinajstić information content (AvgIpc) is 3.52. The second-order valence-corrected chi connectivity index (χ2v) is 12.3. The molecule has 2 atom stereocenters. The number of thioether (sulfide) groups is 1. The van der Waals surface area contributed by atoms with Crippen LogP contribution in [0.5, 0.6) is 0 Å². The van der Waals surface area contributed by atoms with Crippen LogP contribution in [-0.4, -0.2) is 70.2 Å². The molecule has 1 fully saturated rings. The van der Waals surface area contributed by atoms with Gasteiger partial charge in [0.2, 0.25) is 5.91 Å². The first-order valence-corrected chi connectivity index (χ1v) is 15.5. The summed E-state index contributed by atoms with van der Waals surface area (Å²) in [6.45, 7) is 0. The zero-order chi connectivity index (χ0) is 29.6. The Hall–Kier alpha value is -4.00. The molecule has 216 valence electrons. The molecule has 5 rings (SSSR count). The van der Waals surface area contributed by atoms with E-state index in [9.17, 15) is 14.4 Å². The van der Waals surface area contributed by atoms with Crippen LogP contribution in [0.3, 0.4) is 0 Å². The fourth-order valence-electron chi connectivity index (χ4n) is 4.54. The maximum Gasteiger partial charge on any atom is 0.356 e. The summed E-state index contributed by atoms with van der Waals surface area (Å²) in [5, 5.41) is 8.91. The maximum atomic E-state index is 14.0. The van der Waals surface area contributed by atoms with E-state index in [0.717, 1.165) is 16.0 Å². The third-order valence-corrected chi connectivity index (χ3v) is 9.27. The molecule has 0 bridgehead atoms. The third-order valence-electron chi connectivity index (χ3n) is 6.64. The minimum absolute atomic E-state index is 0.102. The van der Waals surface area contributed by atoms with Crippen molar-refractivity contribution in [3.63, 3.8) is 0 Å². The standard InChI is InChI=1S/C30H29N5O4S3/c1-34(2)30(40)33-31-17-21-18-42-28-24(32-23(36)16-22-14-9-15-41-22)27(37)35(28)25(21)29(38)39-26(19-10-5-3-6-11-19)20-12-7-4-8-13-20/h3-15,17,24,26,28H,16,18H2,1-2H3,(H,32,36)(H,33,40)/t24?,28-/m1/s1. The second-order valence-electron chi connectivity index (χ2n) is 9.76. The van der Waals surface area contributed by atoms with Crippen molar-refractivity contribution in [1.29, 1.82) is 0 Å². The zero-order valence-corrected chi connectivity index (χ0v) is 25.4. The molecule has 0 radical (unpaired) electrons. The summed E-state index contributed by atoms with van der Waals surface area (Å²) < 4.78 is 6.14. The molecule has 1 unspecified atom stereocenters. The Morgan fingerprint density at radius 2 is 1.76 bits per heavy atom. The lowest BCUT2D eigenvalue weighted by Crippen LogP contribution is -2.70. The predicted octanol–water partition coefficient (Wildman–Crippen LogP) is 3.70. The molecule has 0 saturated carbocycles. The molecule has 12 heteroatoms. The highest BCUT2D eigenvalue weighted by Gasteiger charge is 2.54. The molecule has 0 spiro atoms. The Bertz CT molecular complexity index is 1470. The Balaban J connectivity index is 1.42. The van der Waals surface area contributed by atoms with Crippen LogP contribution < -0.4 is 10.7 Å². The predicted molar refractivity (Wildman–Crippen MR) is 169 cm³/mol. The first kappa shape index (κ1) is 29.5. The minimum Gasteiger partial charge on any atom is -0.448 e. The number of benzene rings is 2. The number of nitrogens with zero attached hydrogens (tertiary/aromatic N) is 3. The molecule has 1 aromatic heterocycles. The zero-order valence-electron chi connectivity index (χ0n) is 22.9. The van der Waals surface area contributed by atoms with E-state index in [0.29, 0.717) is 16.4 Å². The molecule has 3 aromatic rings. The van der Waals surface area contributed by atoms with Crippen molar-refractivity contribution >= 4 is 64.4 Å². The van der Waals surface area contributed by atoms with Gasteiger partial charge < -0.3 is 15.0 Å². The largest absolute Gasteiger partial charge is 0.448 e. The van der Waals surface area contributed by atoms with Crippen LogP contribution in [0.4, 0.5) is 0 Å². The number of hydrogen-bond donors (Lipinski definition) is 2. The molecule has 1 saturated heterocycles. The van der Waals surface area contributed by atoms with Gasteiger partial charge in [-0.2, -0.15) is 5.10 Å². The summed E-state index contributed by atoms with van der Waals surface area (Å²) in [7, 11) is 3.57. The fraction of sp³-hybridized carbons (Fsp3) is 0.233. The van der Waals surface area contributed by atoms with Gasteiger partial charge in [0.05, 0.1) is 12.6 Å². The van der Waals surface area contributed by atoms with Crippen molar-refractivity contribution < 1.29 is 19.1 Å². The van der Waals surface area contributed by atoms with E-state index in [2.05, 4.69) is 15.8 Å². The number of rotatable bonds is 9. The van der Waals surface area contributed by atoms with E-state index in [1.54, 1.807) is 19.0 Å². The van der Waals surface area contributed by atoms with Gasteiger partial charge in [-0.1, -0.05) is 66.7 Å². The van der Waals surface area contributed by atoms with Crippen LogP contribution in [0.1, 0.15) is 22.1 Å². The van der Waals surface area contributed by atoms with Gasteiger partial charge in [-0.25, -0.2) is 4.79 Å². The number of ether oxygens (including phenoxy) is 1. The molecule has 9 nitrogen and oxygen atoms in total. The Morgan fingerprint density at radius 1 is 1.10 bits per heavy atom. The lowest BCUT2D eigenvalue weighted by Gasteiger charge is -2.49. The summed E-state index contributed by atoms with van der Waals surface area (Å²) in [4.78, 5) is 44.1. The van der Waals surface area contributed by atoms with Crippen LogP contribution in [0.25, 0.3) is 0 Å². The van der Waals surface area contributed by atoms with Crippen LogP contribution in [-0.2, 0) is 25.5 Å². The number of esters is 1. The summed E-state index contributed by atoms with van der Waals surface area (Å²) in [6, 6.07) is 21.9. The number of carbonyl (C=O) groups excluding carboxylic acids is 3. The number of thiophene rings is 1. The normalized spacial score (nSPS) is 18.0. The van der Waals surface area contributed by atoms with Crippen molar-refractivity contribution in [3.05, 3.63) is 105 Å². The smallest absolute Gasteiger partial charge is 0.356 e. The van der Waals surface area contributed by atoms with E-state index in [1.165, 1.54) is 34.2 Å². The van der Waals surface area contributed by atoms with Gasteiger partial charge in [0.1, 0.15) is 17.1 Å². The molecule has 2 aromatic carbocycles. The summed E-state index contributed by atoms with van der Waals surface area (Å²) >= 11 is 8.17. The average molecular weight is 620 g/mol. The summed E-state index contributed by atoms with van der Waals surface area (Å²) in [5.74, 6) is -0.910. The molecule has 42 heavy (non-hydrogen) atoms. The quantitative estimate of drug-likeness (QED) is 0.123. The molecule has 2 aliphatic rings. The van der Waals surface area contributed by atoms with Crippen LogP contribution in [0.15, 0.2) is 94.5 Å². The van der Waals surface area contributed by atoms with Gasteiger partial charge in [0, 0.05) is 30.3 Å². The number of fused-ring (bicyclic) bond motifs is 1. The van der Waals surface area contributed by atoms with Crippen molar-refractivity contribution in [2.75, 3.05) is 19.8 Å². The van der Waals surface area contributed by atoms with Gasteiger partial charge >= 0.3 is 5.97 Å². The van der Waals surface area contributed by atoms with E-state index in [4.69, 9.17) is 17.0 Å². The number of hydrogen-bond acceptors (Lipinski definition) is 8. The van der Waals surface area contributed by atoms with Gasteiger partial charge in [0.25, 0.3) is 5.91 Å². The number of thiocarbonyl (C=S) groups is 1. The third kappa shape index (κ3) is 6.56. The first-order valence-electron chi connectivity index (χ1n) is 13.1. The Kier molecular flexibility index (Phi) is 9.35. The fourth-order valence-corrected chi connectivity index (χ4v) is 6.59. The molecule has 2 N–H and O–H groups in total. The number of amides is 2. The molecular weight excluding hydrogens is 591 g/mol. The highest BCUT2D eigenvalue weighted by atomic mass is 32.2. The lowest BCUT2D eigenvalue weighted by molar-refractivity contribution is -0.154. The van der Waals surface area contributed by atoms with E-state index in [-0.39, 0.29) is 23.9 Å². The topological polar surface area (TPSA) is 103 Å². The number of nitrogens with one attached hydrogen (secondary N) is 2. The minimum atomic E-state index is -0.748. The van der Waals surface area contributed by atoms with Gasteiger partial charge in [-0.3, -0.25) is 19.9 Å². The molecule has 0 aliphatic carbocycles. The number of hydrazone groups is 1. The Labute approximate surface area is 257 Å². The SMILES string of the molecule is CN(C)C(=S)NN=CC1=C(C(=O)OC(c2ccccc2)c2ccccc2)N2C(=O)C(NC(=O)Cc3cccs3)[C@H]2SC1. The van der Waals surface area contributed by atoms with Crippen LogP contribution in [0.2, 0.25) is 0 Å². The summed E-state index contributed by atoms with van der Waals surface area (Å²) in [6.07, 6.45) is 0.983. The highest BCUT2D eigenvalue weighted by Crippen LogP contribution is 2.41. The second kappa shape index (κ2) is 13.3. The van der Waals surface area contributed by atoms with Crippen molar-refractivity contribution in [1.82, 2.24) is 20.5 Å². The Morgan fingerprint density at radius 3 is 2.36 bits per heavy atom. The van der Waals surface area contributed by atoms with Gasteiger partial charge in [-0.15, -0.1) is 23.1 Å². The molecule has 3 heterocycles. The van der Waals surface area contributed by atoms with Crippen LogP contribution in [0, 0.1) is 0 Å². The summed E-state index contributed by atoms with van der Waals surface area (Å²) in [5.41, 5.74) is 4.96. The van der Waals surface area contributed by atoms with E-state index in [1.807, 2.05) is 78.2 Å². The lowest BCUT2D eigenvalue weighted by atomic mass is 10.0. The highest BCUT2D eigenvalue weighted by molar-refractivity contribution is 8.00. The van der Waals surface area contributed by atoms with Crippen LogP contribution >= 0.6 is 35.3 Å².